The highest BCUT2D eigenvalue weighted by atomic mass is 32.2. The van der Waals surface area contributed by atoms with Gasteiger partial charge in [0.1, 0.15) is 12.1 Å². The van der Waals surface area contributed by atoms with E-state index in [1.165, 1.54) is 25.1 Å². The number of hydrogen-bond acceptors (Lipinski definition) is 6. The van der Waals surface area contributed by atoms with Crippen molar-refractivity contribution in [3.63, 3.8) is 0 Å². The Hall–Kier alpha value is -3.11. The van der Waals surface area contributed by atoms with Gasteiger partial charge in [0.15, 0.2) is 17.5 Å². The maximum atomic E-state index is 13.7. The molecule has 0 bridgehead atoms. The van der Waals surface area contributed by atoms with Crippen molar-refractivity contribution in [3.05, 3.63) is 59.9 Å². The average molecular weight is 405 g/mol. The number of halogens is 2. The van der Waals surface area contributed by atoms with Gasteiger partial charge < -0.3 is 10.1 Å². The molecule has 0 amide bonds. The van der Waals surface area contributed by atoms with Gasteiger partial charge in [-0.3, -0.25) is 9.35 Å². The Morgan fingerprint density at radius 3 is 2.64 bits per heavy atom. The zero-order valence-corrected chi connectivity index (χ0v) is 15.8. The van der Waals surface area contributed by atoms with Crippen molar-refractivity contribution < 1.29 is 17.7 Å². The third-order valence-corrected chi connectivity index (χ3v) is 4.31. The van der Waals surface area contributed by atoms with E-state index in [-0.39, 0.29) is 23.1 Å². The van der Waals surface area contributed by atoms with Crippen LogP contribution in [-0.4, -0.2) is 37.9 Å². The molecule has 0 aliphatic carbocycles. The van der Waals surface area contributed by atoms with Crippen LogP contribution in [0.4, 0.5) is 20.4 Å². The van der Waals surface area contributed by atoms with E-state index < -0.39 is 21.3 Å². The Morgan fingerprint density at radius 2 is 1.93 bits per heavy atom. The van der Waals surface area contributed by atoms with Crippen LogP contribution in [-0.2, 0) is 9.71 Å². The summed E-state index contributed by atoms with van der Waals surface area (Å²) in [6, 6.07) is 8.87. The number of ether oxygens (including phenoxy) is 1. The Balaban J connectivity index is 1.95. The minimum absolute atomic E-state index is 0.0910. The molecule has 1 aromatic heterocycles. The van der Waals surface area contributed by atoms with Crippen LogP contribution in [0.3, 0.4) is 0 Å². The third-order valence-electron chi connectivity index (χ3n) is 3.57. The van der Waals surface area contributed by atoms with Crippen molar-refractivity contribution in [1.29, 1.82) is 0 Å². The fraction of sp³-hybridized carbons (Fsp3) is 0.111. The number of nitrogens with zero attached hydrogens (tertiary/aromatic N) is 3. The van der Waals surface area contributed by atoms with Gasteiger partial charge in [-0.25, -0.2) is 18.7 Å². The summed E-state index contributed by atoms with van der Waals surface area (Å²) in [5, 5.41) is 9.99. The first-order valence-electron chi connectivity index (χ1n) is 7.96. The molecule has 0 aliphatic heterocycles. The molecule has 0 fully saturated rings. The second-order valence-corrected chi connectivity index (χ2v) is 8.10. The number of nitrogens with one attached hydrogen (secondary N) is 1. The number of rotatable bonds is 5. The van der Waals surface area contributed by atoms with E-state index in [1.807, 2.05) is 0 Å². The van der Waals surface area contributed by atoms with E-state index in [0.29, 0.717) is 11.3 Å². The Morgan fingerprint density at radius 1 is 1.18 bits per heavy atom. The number of benzene rings is 2. The van der Waals surface area contributed by atoms with Gasteiger partial charge in [-0.05, 0) is 23.8 Å². The van der Waals surface area contributed by atoms with Gasteiger partial charge in [0.25, 0.3) is 0 Å². The normalized spacial score (nSPS) is 12.9. The van der Waals surface area contributed by atoms with E-state index >= 15 is 0 Å². The third kappa shape index (κ3) is 4.78. The van der Waals surface area contributed by atoms with Crippen LogP contribution in [0.15, 0.2) is 42.7 Å². The van der Waals surface area contributed by atoms with E-state index in [4.69, 9.17) is 9.88 Å². The minimum atomic E-state index is -2.55. The zero-order valence-electron chi connectivity index (χ0n) is 15.0. The quantitative estimate of drug-likeness (QED) is 0.633. The Kier molecular flexibility index (Phi) is 5.52. The van der Waals surface area contributed by atoms with Crippen LogP contribution in [0.2, 0.25) is 0 Å². The molecular formula is C18H17F2N5O2S. The van der Waals surface area contributed by atoms with Crippen LogP contribution in [0.25, 0.3) is 11.4 Å². The summed E-state index contributed by atoms with van der Waals surface area (Å²) in [7, 11) is -1.21. The van der Waals surface area contributed by atoms with Crippen LogP contribution >= 0.6 is 0 Å². The molecular weight excluding hydrogens is 388 g/mol. The van der Waals surface area contributed by atoms with Gasteiger partial charge in [-0.1, -0.05) is 12.1 Å². The molecule has 0 aliphatic rings. The lowest BCUT2D eigenvalue weighted by atomic mass is 10.1. The maximum Gasteiger partial charge on any atom is 0.230 e. The number of nitrogens with two attached hydrogens (primary N) is 1. The van der Waals surface area contributed by atoms with Gasteiger partial charge in [-0.15, -0.1) is 0 Å². The number of methoxy groups -OCH3 is 1. The topological polar surface area (TPSA) is 103 Å². The smallest absolute Gasteiger partial charge is 0.230 e. The molecule has 3 aromatic rings. The first-order valence-corrected chi connectivity index (χ1v) is 10.1. The van der Waals surface area contributed by atoms with Crippen molar-refractivity contribution >= 4 is 26.7 Å². The molecule has 28 heavy (non-hydrogen) atoms. The maximum absolute atomic E-state index is 13.7. The van der Waals surface area contributed by atoms with Gasteiger partial charge >= 0.3 is 0 Å². The number of aromatic nitrogens is 3. The van der Waals surface area contributed by atoms with Crippen molar-refractivity contribution in [2.75, 3.05) is 18.7 Å². The molecule has 10 heteroatoms. The van der Waals surface area contributed by atoms with Crippen molar-refractivity contribution in [2.24, 2.45) is 5.14 Å². The lowest BCUT2D eigenvalue weighted by Gasteiger charge is -2.10. The largest absolute Gasteiger partial charge is 0.496 e. The summed E-state index contributed by atoms with van der Waals surface area (Å²) in [4.78, 5) is 12.3. The summed E-state index contributed by atoms with van der Waals surface area (Å²) in [5.41, 5.74) is 1.46. The van der Waals surface area contributed by atoms with E-state index in [0.717, 1.165) is 12.1 Å². The molecule has 2 aromatic carbocycles. The highest BCUT2D eigenvalue weighted by Crippen LogP contribution is 2.30. The predicted octanol–water partition coefficient (Wildman–Crippen LogP) is 2.51. The highest BCUT2D eigenvalue weighted by Gasteiger charge is 2.15. The Labute approximate surface area is 160 Å². The highest BCUT2D eigenvalue weighted by molar-refractivity contribution is 7.98. The van der Waals surface area contributed by atoms with Crippen LogP contribution in [0.1, 0.15) is 5.56 Å². The van der Waals surface area contributed by atoms with Crippen molar-refractivity contribution in [3.8, 4) is 17.1 Å². The molecule has 1 unspecified atom stereocenters. The number of hydrogen-bond donors (Lipinski definition) is 2. The molecule has 0 spiro atoms. The molecule has 1 heterocycles. The molecule has 3 rings (SSSR count). The SMILES string of the molecule is COc1cc(F)c(F)cc1-c1ncnc(Nc2cccc(C=S(C)(N)=O)c2)n1. The molecule has 146 valence electrons. The van der Waals surface area contributed by atoms with Gasteiger partial charge in [-0.2, -0.15) is 4.98 Å². The summed E-state index contributed by atoms with van der Waals surface area (Å²) < 4.78 is 43.9. The van der Waals surface area contributed by atoms with E-state index in [1.54, 1.807) is 24.3 Å². The molecule has 0 radical (unpaired) electrons. The van der Waals surface area contributed by atoms with Crippen molar-refractivity contribution in [1.82, 2.24) is 15.0 Å². The number of anilines is 2. The predicted molar refractivity (Wildman–Crippen MR) is 105 cm³/mol. The molecule has 0 saturated heterocycles. The molecule has 0 saturated carbocycles. The second kappa shape index (κ2) is 7.87. The second-order valence-electron chi connectivity index (χ2n) is 5.93. The van der Waals surface area contributed by atoms with Gasteiger partial charge in [0.05, 0.1) is 12.7 Å². The summed E-state index contributed by atoms with van der Waals surface area (Å²) in [5.74, 6) is -1.70. The van der Waals surface area contributed by atoms with Gasteiger partial charge in [0.2, 0.25) is 5.95 Å². The zero-order chi connectivity index (χ0) is 20.3. The molecule has 3 N–H and O–H groups in total. The van der Waals surface area contributed by atoms with Crippen LogP contribution in [0, 0.1) is 11.6 Å². The van der Waals surface area contributed by atoms with Crippen LogP contribution in [0.5, 0.6) is 5.75 Å². The average Bonchev–Trinajstić information content (AvgIpc) is 2.62. The first-order chi connectivity index (χ1) is 13.2. The first kappa shape index (κ1) is 19.6. The fourth-order valence-electron chi connectivity index (χ4n) is 2.45. The summed E-state index contributed by atoms with van der Waals surface area (Å²) in [6.45, 7) is 0. The van der Waals surface area contributed by atoms with Gasteiger partial charge in [0, 0.05) is 33.1 Å². The standard InChI is InChI=1S/C18H17F2N5O2S/c1-27-16-8-15(20)14(19)7-13(16)17-22-10-23-18(25-17)24-12-5-3-4-11(6-12)9-28(2,21)26/h3-10H,1-2H3,(H2,21,26)(H,22,23,24,25). The molecule has 1 atom stereocenters. The van der Waals surface area contributed by atoms with E-state index in [9.17, 15) is 13.0 Å². The minimum Gasteiger partial charge on any atom is -0.496 e. The Bertz CT molecular complexity index is 1140. The van der Waals surface area contributed by atoms with Crippen LogP contribution < -0.4 is 15.2 Å². The summed E-state index contributed by atoms with van der Waals surface area (Å²) >= 11 is 0. The monoisotopic (exact) mass is 405 g/mol. The lowest BCUT2D eigenvalue weighted by molar-refractivity contribution is 0.408. The fourth-order valence-corrected chi connectivity index (χ4v) is 3.13. The lowest BCUT2D eigenvalue weighted by Crippen LogP contribution is -2.13. The van der Waals surface area contributed by atoms with E-state index in [2.05, 4.69) is 20.3 Å². The summed E-state index contributed by atoms with van der Waals surface area (Å²) in [6.07, 6.45) is 2.67. The van der Waals surface area contributed by atoms with Crippen molar-refractivity contribution in [2.45, 2.75) is 0 Å². The molecule has 7 nitrogen and oxygen atoms in total.